The van der Waals surface area contributed by atoms with Crippen molar-refractivity contribution in [2.75, 3.05) is 5.06 Å². The van der Waals surface area contributed by atoms with E-state index in [9.17, 15) is 5.21 Å². The summed E-state index contributed by atoms with van der Waals surface area (Å²) in [6.07, 6.45) is 9.94. The van der Waals surface area contributed by atoms with E-state index in [0.29, 0.717) is 15.7 Å². The fourth-order valence-corrected chi connectivity index (χ4v) is 5.67. The summed E-state index contributed by atoms with van der Waals surface area (Å²) in [5.74, 6) is 2.16. The highest BCUT2D eigenvalue weighted by molar-refractivity contribution is 6.38. The molecule has 5 rings (SSSR count). The standard InChI is InChI=1S/C15H17Cl2N2O/c16-12-7-18-8-13(17)14(12)19(20)15-4-9-1-10(5-15)3-11(2-9)6-15/h7-11H,1-6H2. The Morgan fingerprint density at radius 2 is 1.45 bits per heavy atom. The molecule has 1 radical (unpaired) electrons. The molecular formula is C15H17Cl2N2O. The van der Waals surface area contributed by atoms with E-state index in [1.165, 1.54) is 31.7 Å². The van der Waals surface area contributed by atoms with E-state index >= 15 is 0 Å². The van der Waals surface area contributed by atoms with Gasteiger partial charge in [-0.15, -0.1) is 0 Å². The van der Waals surface area contributed by atoms with Gasteiger partial charge in [0.25, 0.3) is 0 Å². The molecule has 1 heterocycles. The number of hydrogen-bond donors (Lipinski definition) is 0. The number of halogens is 2. The SMILES string of the molecule is [O]N(c1c(Cl)cncc1Cl)C12CC3CC(CC(C3)C1)C2. The summed E-state index contributed by atoms with van der Waals surface area (Å²) in [7, 11) is 0. The maximum atomic E-state index is 13.1. The Balaban J connectivity index is 1.73. The first-order chi connectivity index (χ1) is 9.57. The van der Waals surface area contributed by atoms with Gasteiger partial charge in [-0.1, -0.05) is 28.4 Å². The molecule has 1 aromatic rings. The topological polar surface area (TPSA) is 36.0 Å². The van der Waals surface area contributed by atoms with Crippen molar-refractivity contribution >= 4 is 28.9 Å². The summed E-state index contributed by atoms with van der Waals surface area (Å²) in [6.45, 7) is 0. The largest absolute Gasteiger partial charge is 0.261 e. The zero-order chi connectivity index (χ0) is 13.9. The van der Waals surface area contributed by atoms with Gasteiger partial charge in [0.1, 0.15) is 5.69 Å². The van der Waals surface area contributed by atoms with Gasteiger partial charge < -0.3 is 0 Å². The van der Waals surface area contributed by atoms with Crippen LogP contribution >= 0.6 is 23.2 Å². The summed E-state index contributed by atoms with van der Waals surface area (Å²) in [4.78, 5) is 3.94. The van der Waals surface area contributed by atoms with Crippen LogP contribution in [0.25, 0.3) is 0 Å². The number of anilines is 1. The Morgan fingerprint density at radius 1 is 1.00 bits per heavy atom. The van der Waals surface area contributed by atoms with Crippen molar-refractivity contribution < 1.29 is 5.21 Å². The molecule has 0 aromatic carbocycles. The highest BCUT2D eigenvalue weighted by Crippen LogP contribution is 2.58. The van der Waals surface area contributed by atoms with Crippen molar-refractivity contribution in [1.29, 1.82) is 0 Å². The van der Waals surface area contributed by atoms with Crippen molar-refractivity contribution in [3.8, 4) is 0 Å². The number of nitrogens with zero attached hydrogens (tertiary/aromatic N) is 2. The quantitative estimate of drug-likeness (QED) is 0.753. The zero-order valence-electron chi connectivity index (χ0n) is 11.2. The lowest BCUT2D eigenvalue weighted by molar-refractivity contribution is -0.0601. The number of hydroxylamine groups is 1. The fourth-order valence-electron chi connectivity index (χ4n) is 5.15. The minimum atomic E-state index is -0.274. The van der Waals surface area contributed by atoms with Crippen LogP contribution in [0.1, 0.15) is 38.5 Å². The van der Waals surface area contributed by atoms with E-state index < -0.39 is 0 Å². The molecule has 0 amide bonds. The summed E-state index contributed by atoms with van der Waals surface area (Å²) in [5, 5.41) is 14.9. The average Bonchev–Trinajstić information content (AvgIpc) is 2.36. The van der Waals surface area contributed by atoms with Crippen LogP contribution in [0.2, 0.25) is 10.0 Å². The summed E-state index contributed by atoms with van der Waals surface area (Å²) in [6, 6.07) is 0. The van der Waals surface area contributed by atoms with Gasteiger partial charge in [0.2, 0.25) is 0 Å². The first-order valence-corrected chi connectivity index (χ1v) is 8.09. The molecule has 4 saturated carbocycles. The van der Waals surface area contributed by atoms with Crippen LogP contribution in [0, 0.1) is 17.8 Å². The van der Waals surface area contributed by atoms with E-state index in [1.54, 1.807) is 0 Å². The molecule has 0 unspecified atom stereocenters. The summed E-state index contributed by atoms with van der Waals surface area (Å²) < 4.78 is 0. The first-order valence-electron chi connectivity index (χ1n) is 7.34. The molecule has 4 fully saturated rings. The van der Waals surface area contributed by atoms with Crippen LogP contribution in [0.15, 0.2) is 12.4 Å². The molecule has 0 saturated heterocycles. The minimum Gasteiger partial charge on any atom is -0.261 e. The zero-order valence-corrected chi connectivity index (χ0v) is 12.7. The number of pyridine rings is 1. The third-order valence-corrected chi connectivity index (χ3v) is 6.02. The second-order valence-electron chi connectivity index (χ2n) is 6.89. The fraction of sp³-hybridized carbons (Fsp3) is 0.667. The van der Waals surface area contributed by atoms with Crippen LogP contribution in [0.3, 0.4) is 0 Å². The maximum absolute atomic E-state index is 13.1. The summed E-state index contributed by atoms with van der Waals surface area (Å²) >= 11 is 12.4. The van der Waals surface area contributed by atoms with Crippen LogP contribution in [0.4, 0.5) is 5.69 Å². The van der Waals surface area contributed by atoms with Crippen molar-refractivity contribution in [3.05, 3.63) is 22.4 Å². The van der Waals surface area contributed by atoms with Crippen LogP contribution < -0.4 is 5.06 Å². The van der Waals surface area contributed by atoms with Gasteiger partial charge in [-0.3, -0.25) is 4.98 Å². The van der Waals surface area contributed by atoms with Crippen LogP contribution in [0.5, 0.6) is 0 Å². The molecule has 3 nitrogen and oxygen atoms in total. The molecule has 107 valence electrons. The lowest BCUT2D eigenvalue weighted by Gasteiger charge is -2.58. The summed E-state index contributed by atoms with van der Waals surface area (Å²) in [5.41, 5.74) is 0.147. The lowest BCUT2D eigenvalue weighted by atomic mass is 9.53. The Morgan fingerprint density at radius 3 is 1.90 bits per heavy atom. The van der Waals surface area contributed by atoms with E-state index in [4.69, 9.17) is 23.2 Å². The predicted octanol–water partition coefficient (Wildman–Crippen LogP) is 4.51. The molecule has 4 bridgehead atoms. The smallest absolute Gasteiger partial charge is 0.108 e. The predicted molar refractivity (Wildman–Crippen MR) is 78.3 cm³/mol. The van der Waals surface area contributed by atoms with Gasteiger partial charge in [-0.2, -0.15) is 0 Å². The van der Waals surface area contributed by atoms with Gasteiger partial charge in [-0.05, 0) is 56.3 Å². The number of hydrogen-bond acceptors (Lipinski definition) is 2. The van der Waals surface area contributed by atoms with E-state index in [0.717, 1.165) is 42.1 Å². The normalized spacial score (nSPS) is 38.2. The molecule has 0 spiro atoms. The molecular weight excluding hydrogens is 295 g/mol. The highest BCUT2D eigenvalue weighted by Gasteiger charge is 2.54. The van der Waals surface area contributed by atoms with E-state index in [-0.39, 0.29) is 5.54 Å². The molecule has 0 N–H and O–H groups in total. The molecule has 20 heavy (non-hydrogen) atoms. The van der Waals surface area contributed by atoms with Crippen molar-refractivity contribution in [2.45, 2.75) is 44.1 Å². The van der Waals surface area contributed by atoms with Crippen LogP contribution in [-0.4, -0.2) is 10.5 Å². The van der Waals surface area contributed by atoms with Gasteiger partial charge in [0.05, 0.1) is 15.6 Å². The molecule has 0 aliphatic heterocycles. The number of rotatable bonds is 2. The molecule has 4 aliphatic rings. The Labute approximate surface area is 128 Å². The Kier molecular flexibility index (Phi) is 2.96. The van der Waals surface area contributed by atoms with Crippen LogP contribution in [-0.2, 0) is 5.21 Å². The lowest BCUT2D eigenvalue weighted by Crippen LogP contribution is -2.59. The molecule has 0 atom stereocenters. The monoisotopic (exact) mass is 311 g/mol. The third kappa shape index (κ3) is 1.87. The van der Waals surface area contributed by atoms with Gasteiger partial charge in [-0.25, -0.2) is 5.06 Å². The second kappa shape index (κ2) is 4.49. The second-order valence-corrected chi connectivity index (χ2v) is 7.70. The first kappa shape index (κ1) is 13.2. The van der Waals surface area contributed by atoms with E-state index in [2.05, 4.69) is 4.98 Å². The van der Waals surface area contributed by atoms with Crippen molar-refractivity contribution in [2.24, 2.45) is 17.8 Å². The molecule has 5 heteroatoms. The maximum Gasteiger partial charge on any atom is 0.108 e. The number of aromatic nitrogens is 1. The van der Waals surface area contributed by atoms with Gasteiger partial charge in [0.15, 0.2) is 0 Å². The van der Waals surface area contributed by atoms with Crippen molar-refractivity contribution in [1.82, 2.24) is 4.98 Å². The van der Waals surface area contributed by atoms with Gasteiger partial charge >= 0.3 is 0 Å². The Hall–Kier alpha value is -0.510. The van der Waals surface area contributed by atoms with Gasteiger partial charge in [0, 0.05) is 12.4 Å². The molecule has 1 aromatic heterocycles. The van der Waals surface area contributed by atoms with E-state index in [1.807, 2.05) is 0 Å². The minimum absolute atomic E-state index is 0.274. The third-order valence-electron chi connectivity index (χ3n) is 5.47. The van der Waals surface area contributed by atoms with Crippen molar-refractivity contribution in [3.63, 3.8) is 0 Å². The highest BCUT2D eigenvalue weighted by atomic mass is 35.5. The Bertz CT molecular complexity index is 493. The molecule has 4 aliphatic carbocycles. The average molecular weight is 312 g/mol.